The molecule has 1 aromatic rings. The van der Waals surface area contributed by atoms with Gasteiger partial charge in [-0.25, -0.2) is 18.0 Å². The van der Waals surface area contributed by atoms with E-state index in [0.717, 1.165) is 11.0 Å². The number of rotatable bonds is 1. The molecule has 1 aromatic carbocycles. The van der Waals surface area contributed by atoms with Crippen LogP contribution >= 0.6 is 27.5 Å². The number of piperidine rings is 1. The lowest BCUT2D eigenvalue weighted by Crippen LogP contribution is -2.51. The van der Waals surface area contributed by atoms with Gasteiger partial charge in [-0.05, 0) is 60.8 Å². The van der Waals surface area contributed by atoms with Crippen molar-refractivity contribution in [2.24, 2.45) is 0 Å². The minimum atomic E-state index is -3.28. The molecular weight excluding hydrogens is 411 g/mol. The number of amides is 1. The van der Waals surface area contributed by atoms with Gasteiger partial charge in [-0.2, -0.15) is 0 Å². The summed E-state index contributed by atoms with van der Waals surface area (Å²) in [5, 5.41) is 0.164. The average molecular weight is 429 g/mol. The highest BCUT2D eigenvalue weighted by Gasteiger charge is 2.48. The number of halogens is 5. The van der Waals surface area contributed by atoms with Gasteiger partial charge in [0.25, 0.3) is 5.92 Å². The van der Waals surface area contributed by atoms with Gasteiger partial charge >= 0.3 is 6.09 Å². The Kier molecular flexibility index (Phi) is 5.45. The van der Waals surface area contributed by atoms with Crippen LogP contribution in [0, 0.1) is 5.82 Å². The van der Waals surface area contributed by atoms with E-state index in [2.05, 4.69) is 15.9 Å². The fourth-order valence-corrected chi connectivity index (χ4v) is 3.10. The van der Waals surface area contributed by atoms with Gasteiger partial charge in [-0.15, -0.1) is 0 Å². The monoisotopic (exact) mass is 427 g/mol. The van der Waals surface area contributed by atoms with Crippen molar-refractivity contribution in [3.8, 4) is 0 Å². The Morgan fingerprint density at radius 3 is 2.58 bits per heavy atom. The number of hydrogen-bond donors (Lipinski definition) is 0. The lowest BCUT2D eigenvalue weighted by atomic mass is 9.86. The summed E-state index contributed by atoms with van der Waals surface area (Å²) in [6.07, 6.45) is -0.879. The van der Waals surface area contributed by atoms with Crippen molar-refractivity contribution in [3.63, 3.8) is 0 Å². The van der Waals surface area contributed by atoms with Crippen LogP contribution in [0.25, 0.3) is 0 Å². The number of ether oxygens (including phenoxy) is 1. The molecule has 1 unspecified atom stereocenters. The molecule has 134 valence electrons. The molecule has 1 atom stereocenters. The molecule has 0 spiro atoms. The molecule has 0 N–H and O–H groups in total. The second-order valence-electron chi connectivity index (χ2n) is 6.79. The Labute approximate surface area is 152 Å². The van der Waals surface area contributed by atoms with Crippen LogP contribution in [0.15, 0.2) is 16.6 Å². The van der Waals surface area contributed by atoms with Gasteiger partial charge in [0, 0.05) is 11.0 Å². The third-order valence-electron chi connectivity index (χ3n) is 3.67. The van der Waals surface area contributed by atoms with Crippen molar-refractivity contribution in [3.05, 3.63) is 33.0 Å². The number of likely N-dealkylation sites (tertiary alicyclic amines) is 1. The van der Waals surface area contributed by atoms with Gasteiger partial charge in [0.05, 0.1) is 17.5 Å². The molecule has 24 heavy (non-hydrogen) atoms. The molecule has 0 aromatic heterocycles. The van der Waals surface area contributed by atoms with Crippen molar-refractivity contribution in [1.29, 1.82) is 0 Å². The van der Waals surface area contributed by atoms with Crippen molar-refractivity contribution < 1.29 is 22.7 Å². The second kappa shape index (κ2) is 6.75. The zero-order chi connectivity index (χ0) is 18.3. The summed E-state index contributed by atoms with van der Waals surface area (Å²) in [6, 6.07) is 2.29. The number of nitrogens with zero attached hydrogens (tertiary/aromatic N) is 1. The molecule has 1 heterocycles. The molecular formula is C16H18BrClF3NO2. The summed E-state index contributed by atoms with van der Waals surface area (Å²) in [6.45, 7) is 4.22. The molecule has 1 fully saturated rings. The lowest BCUT2D eigenvalue weighted by Gasteiger charge is -2.39. The summed E-state index contributed by atoms with van der Waals surface area (Å²) < 4.78 is 48.6. The standard InChI is InChI=1S/C16H18BrClF3NO2/c1-15(2,3)24-14(23)22-5-4-10(16(20,21)8-22)9-6-12(18)11(17)7-13(9)19/h6-7,10H,4-5,8H2,1-3H3. The summed E-state index contributed by atoms with van der Waals surface area (Å²) in [4.78, 5) is 12.9. The summed E-state index contributed by atoms with van der Waals surface area (Å²) in [5.41, 5.74) is -0.911. The van der Waals surface area contributed by atoms with Crippen LogP contribution in [0.1, 0.15) is 38.7 Å². The largest absolute Gasteiger partial charge is 0.444 e. The number of benzene rings is 1. The highest BCUT2D eigenvalue weighted by Crippen LogP contribution is 2.43. The van der Waals surface area contributed by atoms with Crippen LogP contribution in [0.2, 0.25) is 5.02 Å². The average Bonchev–Trinajstić information content (AvgIpc) is 2.40. The zero-order valence-electron chi connectivity index (χ0n) is 13.5. The smallest absolute Gasteiger partial charge is 0.410 e. The van der Waals surface area contributed by atoms with Crippen molar-refractivity contribution in [2.75, 3.05) is 13.1 Å². The van der Waals surface area contributed by atoms with Crippen LogP contribution in [-0.4, -0.2) is 35.6 Å². The summed E-state index contributed by atoms with van der Waals surface area (Å²) >= 11 is 8.97. The van der Waals surface area contributed by atoms with Crippen molar-refractivity contribution in [2.45, 2.75) is 44.6 Å². The Morgan fingerprint density at radius 1 is 1.42 bits per heavy atom. The van der Waals surface area contributed by atoms with E-state index >= 15 is 0 Å². The quantitative estimate of drug-likeness (QED) is 0.545. The maximum absolute atomic E-state index is 14.5. The first-order valence-electron chi connectivity index (χ1n) is 7.41. The molecule has 8 heteroatoms. The minimum Gasteiger partial charge on any atom is -0.444 e. The molecule has 0 saturated carbocycles. The van der Waals surface area contributed by atoms with Crippen LogP contribution in [0.4, 0.5) is 18.0 Å². The molecule has 0 bridgehead atoms. The molecule has 2 rings (SSSR count). The third-order valence-corrected chi connectivity index (χ3v) is 4.86. The first-order chi connectivity index (χ1) is 10.9. The fraction of sp³-hybridized carbons (Fsp3) is 0.562. The molecule has 1 saturated heterocycles. The Hall–Kier alpha value is -0.950. The van der Waals surface area contributed by atoms with E-state index in [1.165, 1.54) is 6.07 Å². The number of carbonyl (C=O) groups excluding carboxylic acids is 1. The summed E-state index contributed by atoms with van der Waals surface area (Å²) in [7, 11) is 0. The van der Waals surface area contributed by atoms with E-state index in [4.69, 9.17) is 16.3 Å². The van der Waals surface area contributed by atoms with Gasteiger partial charge in [0.1, 0.15) is 11.4 Å². The van der Waals surface area contributed by atoms with E-state index in [-0.39, 0.29) is 23.6 Å². The second-order valence-corrected chi connectivity index (χ2v) is 8.05. The van der Waals surface area contributed by atoms with E-state index in [9.17, 15) is 18.0 Å². The van der Waals surface area contributed by atoms with E-state index in [0.29, 0.717) is 4.47 Å². The Bertz CT molecular complexity index is 649. The fourth-order valence-electron chi connectivity index (χ4n) is 2.61. The predicted molar refractivity (Wildman–Crippen MR) is 89.2 cm³/mol. The third kappa shape index (κ3) is 4.36. The van der Waals surface area contributed by atoms with Crippen LogP contribution in [0.5, 0.6) is 0 Å². The van der Waals surface area contributed by atoms with Crippen molar-refractivity contribution in [1.82, 2.24) is 4.90 Å². The summed E-state index contributed by atoms with van der Waals surface area (Å²) in [5.74, 6) is -5.38. The number of alkyl halides is 2. The maximum Gasteiger partial charge on any atom is 0.410 e. The van der Waals surface area contributed by atoms with Gasteiger partial charge in [-0.3, -0.25) is 0 Å². The van der Waals surface area contributed by atoms with Crippen LogP contribution < -0.4 is 0 Å². The minimum absolute atomic E-state index is 0.0578. The van der Waals surface area contributed by atoms with E-state index in [1.54, 1.807) is 20.8 Å². The molecule has 0 radical (unpaired) electrons. The maximum atomic E-state index is 14.5. The molecule has 0 aliphatic carbocycles. The normalized spacial score (nSPS) is 20.8. The van der Waals surface area contributed by atoms with E-state index in [1.807, 2.05) is 0 Å². The van der Waals surface area contributed by atoms with Crippen LogP contribution in [0.3, 0.4) is 0 Å². The number of hydrogen-bond acceptors (Lipinski definition) is 2. The predicted octanol–water partition coefficient (Wildman–Crippen LogP) is 5.60. The topological polar surface area (TPSA) is 29.5 Å². The zero-order valence-corrected chi connectivity index (χ0v) is 15.8. The first-order valence-corrected chi connectivity index (χ1v) is 8.58. The molecule has 3 nitrogen and oxygen atoms in total. The van der Waals surface area contributed by atoms with Gasteiger partial charge in [-0.1, -0.05) is 11.6 Å². The Morgan fingerprint density at radius 2 is 2.04 bits per heavy atom. The molecule has 1 amide bonds. The Balaban J connectivity index is 2.21. The molecule has 1 aliphatic heterocycles. The number of carbonyl (C=O) groups is 1. The van der Waals surface area contributed by atoms with E-state index < -0.39 is 35.9 Å². The van der Waals surface area contributed by atoms with Crippen LogP contribution in [-0.2, 0) is 4.74 Å². The lowest BCUT2D eigenvalue weighted by molar-refractivity contribution is -0.0855. The SMILES string of the molecule is CC(C)(C)OC(=O)N1CCC(c2cc(Cl)c(Br)cc2F)C(F)(F)C1. The van der Waals surface area contributed by atoms with Gasteiger partial charge < -0.3 is 9.64 Å². The highest BCUT2D eigenvalue weighted by molar-refractivity contribution is 9.10. The first kappa shape index (κ1) is 19.4. The van der Waals surface area contributed by atoms with Gasteiger partial charge in [0.2, 0.25) is 0 Å². The van der Waals surface area contributed by atoms with Gasteiger partial charge in [0.15, 0.2) is 0 Å². The highest BCUT2D eigenvalue weighted by atomic mass is 79.9. The molecule has 1 aliphatic rings. The van der Waals surface area contributed by atoms with Crippen molar-refractivity contribution >= 4 is 33.6 Å².